The zero-order valence-electron chi connectivity index (χ0n) is 25.6. The smallest absolute Gasteiger partial charge is 0.416 e. The Kier molecular flexibility index (Phi) is 7.60. The summed E-state index contributed by atoms with van der Waals surface area (Å²) in [6.07, 6.45) is -1.36. The van der Waals surface area contributed by atoms with E-state index in [0.717, 1.165) is 40.3 Å². The Morgan fingerprint density at radius 2 is 1.64 bits per heavy atom. The number of hydrogen-bond donors (Lipinski definition) is 1. The van der Waals surface area contributed by atoms with Crippen LogP contribution in [0.25, 0.3) is 28.2 Å². The van der Waals surface area contributed by atoms with E-state index in [1.54, 1.807) is 6.92 Å². The molecule has 0 atom stereocenters. The lowest BCUT2D eigenvalue weighted by atomic mass is 9.99. The summed E-state index contributed by atoms with van der Waals surface area (Å²) < 4.78 is 49.1. The van der Waals surface area contributed by atoms with Crippen molar-refractivity contribution in [2.24, 2.45) is 0 Å². The third-order valence-corrected chi connectivity index (χ3v) is 8.16. The SMILES string of the molecule is Cc1cc(C)n(-c2ccc(C(F)(F)F)cc2NC(=O)c2c3c(nc4ccccc24)/C(=C/c2cccc(Oc4ccccc4)c2)CC3)n1. The van der Waals surface area contributed by atoms with Crippen LogP contribution in [0.15, 0.2) is 103 Å². The van der Waals surface area contributed by atoms with Gasteiger partial charge in [0.2, 0.25) is 0 Å². The highest BCUT2D eigenvalue weighted by Crippen LogP contribution is 2.39. The minimum atomic E-state index is -4.60. The Morgan fingerprint density at radius 3 is 2.40 bits per heavy atom. The summed E-state index contributed by atoms with van der Waals surface area (Å²) in [4.78, 5) is 19.2. The predicted octanol–water partition coefficient (Wildman–Crippen LogP) is 9.59. The molecule has 234 valence electrons. The first-order valence-corrected chi connectivity index (χ1v) is 15.2. The molecular formula is C38H29F3N4O2. The molecule has 7 rings (SSSR count). The highest BCUT2D eigenvalue weighted by atomic mass is 19.4. The van der Waals surface area contributed by atoms with Crippen molar-refractivity contribution in [1.29, 1.82) is 0 Å². The van der Waals surface area contributed by atoms with E-state index in [4.69, 9.17) is 9.72 Å². The fraction of sp³-hybridized carbons (Fsp3) is 0.132. The van der Waals surface area contributed by atoms with Gasteiger partial charge in [-0.05, 0) is 104 Å². The maximum absolute atomic E-state index is 14.2. The number of fused-ring (bicyclic) bond motifs is 2. The Balaban J connectivity index is 1.29. The predicted molar refractivity (Wildman–Crippen MR) is 177 cm³/mol. The maximum atomic E-state index is 14.2. The van der Waals surface area contributed by atoms with E-state index in [1.165, 1.54) is 10.7 Å². The largest absolute Gasteiger partial charge is 0.457 e. The number of ether oxygens (including phenoxy) is 1. The normalized spacial score (nSPS) is 13.6. The minimum absolute atomic E-state index is 0.00895. The number of benzene rings is 4. The number of pyridine rings is 1. The number of anilines is 1. The molecule has 2 aromatic heterocycles. The second-order valence-electron chi connectivity index (χ2n) is 11.5. The van der Waals surface area contributed by atoms with Crippen molar-refractivity contribution in [1.82, 2.24) is 14.8 Å². The Labute approximate surface area is 269 Å². The number of carbonyl (C=O) groups excluding carboxylic acids is 1. The van der Waals surface area contributed by atoms with Gasteiger partial charge in [-0.15, -0.1) is 0 Å². The van der Waals surface area contributed by atoms with Crippen LogP contribution >= 0.6 is 0 Å². The van der Waals surface area contributed by atoms with E-state index in [0.29, 0.717) is 52.1 Å². The number of hydrogen-bond acceptors (Lipinski definition) is 4. The molecule has 2 heterocycles. The van der Waals surface area contributed by atoms with Crippen LogP contribution in [0, 0.1) is 13.8 Å². The van der Waals surface area contributed by atoms with Crippen molar-refractivity contribution in [2.75, 3.05) is 5.32 Å². The van der Waals surface area contributed by atoms with Crippen LogP contribution in [-0.4, -0.2) is 20.7 Å². The number of nitrogens with zero attached hydrogens (tertiary/aromatic N) is 3. The summed E-state index contributed by atoms with van der Waals surface area (Å²) in [5.74, 6) is 0.908. The lowest BCUT2D eigenvalue weighted by molar-refractivity contribution is -0.137. The molecule has 0 unspecified atom stereocenters. The van der Waals surface area contributed by atoms with Crippen LogP contribution in [0.3, 0.4) is 0 Å². The fourth-order valence-corrected chi connectivity index (χ4v) is 6.09. The first kappa shape index (κ1) is 30.0. The molecule has 0 bridgehead atoms. The van der Waals surface area contributed by atoms with Crippen molar-refractivity contribution < 1.29 is 22.7 Å². The maximum Gasteiger partial charge on any atom is 0.416 e. The van der Waals surface area contributed by atoms with Gasteiger partial charge in [0, 0.05) is 11.1 Å². The second kappa shape index (κ2) is 11.9. The van der Waals surface area contributed by atoms with Gasteiger partial charge in [0.05, 0.1) is 39.4 Å². The zero-order valence-corrected chi connectivity index (χ0v) is 25.6. The highest BCUT2D eigenvalue weighted by Gasteiger charge is 2.32. The highest BCUT2D eigenvalue weighted by molar-refractivity contribution is 6.15. The number of amides is 1. The van der Waals surface area contributed by atoms with E-state index in [1.807, 2.05) is 97.9 Å². The third-order valence-electron chi connectivity index (χ3n) is 8.16. The van der Waals surface area contributed by atoms with Crippen molar-refractivity contribution >= 4 is 34.1 Å². The van der Waals surface area contributed by atoms with Crippen molar-refractivity contribution in [3.8, 4) is 17.2 Å². The lowest BCUT2D eigenvalue weighted by Crippen LogP contribution is -2.18. The molecule has 0 radical (unpaired) electrons. The molecule has 1 amide bonds. The van der Waals surface area contributed by atoms with E-state index >= 15 is 0 Å². The molecular weight excluding hydrogens is 601 g/mol. The van der Waals surface area contributed by atoms with E-state index in [-0.39, 0.29) is 5.69 Å². The van der Waals surface area contributed by atoms with Gasteiger partial charge in [0.15, 0.2) is 0 Å². The monoisotopic (exact) mass is 630 g/mol. The summed E-state index contributed by atoms with van der Waals surface area (Å²) in [6.45, 7) is 3.61. The molecule has 9 heteroatoms. The number of alkyl halides is 3. The van der Waals surface area contributed by atoms with Gasteiger partial charge in [-0.1, -0.05) is 48.5 Å². The number of aryl methyl sites for hydroxylation is 2. The van der Waals surface area contributed by atoms with Crippen molar-refractivity contribution in [2.45, 2.75) is 32.9 Å². The molecule has 1 N–H and O–H groups in total. The number of para-hydroxylation sites is 2. The standard InChI is InChI=1S/C38H29F3N4O2/c1-23-19-24(2)45(44-23)34-18-16-27(38(39,40)41)22-33(34)43-37(46)35-30-13-6-7-14-32(30)42-36-26(15-17-31(35)36)20-25-9-8-12-29(21-25)47-28-10-4-3-5-11-28/h3-14,16,18-22H,15,17H2,1-2H3,(H,43,46)/b26-20+. The molecule has 0 saturated carbocycles. The minimum Gasteiger partial charge on any atom is -0.457 e. The van der Waals surface area contributed by atoms with E-state index in [9.17, 15) is 18.0 Å². The van der Waals surface area contributed by atoms with Crippen molar-refractivity contribution in [3.05, 3.63) is 142 Å². The summed E-state index contributed by atoms with van der Waals surface area (Å²) in [7, 11) is 0. The third kappa shape index (κ3) is 6.00. The van der Waals surface area contributed by atoms with Crippen LogP contribution in [-0.2, 0) is 12.6 Å². The van der Waals surface area contributed by atoms with E-state index < -0.39 is 17.6 Å². The quantitative estimate of drug-likeness (QED) is 0.199. The number of carbonyl (C=O) groups is 1. The second-order valence-corrected chi connectivity index (χ2v) is 11.5. The number of allylic oxidation sites excluding steroid dienone is 1. The summed E-state index contributed by atoms with van der Waals surface area (Å²) in [6, 6.07) is 29.7. The summed E-state index contributed by atoms with van der Waals surface area (Å²) >= 11 is 0. The summed E-state index contributed by atoms with van der Waals surface area (Å²) in [5.41, 5.74) is 5.25. The lowest BCUT2D eigenvalue weighted by Gasteiger charge is -2.17. The average Bonchev–Trinajstić information content (AvgIpc) is 3.60. The molecule has 0 fully saturated rings. The number of halogens is 3. The molecule has 6 aromatic rings. The number of aromatic nitrogens is 3. The molecule has 0 saturated heterocycles. The molecule has 1 aliphatic carbocycles. The van der Waals surface area contributed by atoms with E-state index in [2.05, 4.69) is 10.4 Å². The Bertz CT molecular complexity index is 2190. The van der Waals surface area contributed by atoms with Crippen LogP contribution in [0.5, 0.6) is 11.5 Å². The topological polar surface area (TPSA) is 69.0 Å². The van der Waals surface area contributed by atoms with Gasteiger partial charge in [0.1, 0.15) is 11.5 Å². The van der Waals surface area contributed by atoms with Gasteiger partial charge < -0.3 is 10.1 Å². The van der Waals surface area contributed by atoms with Gasteiger partial charge in [0.25, 0.3) is 5.91 Å². The molecule has 0 aliphatic heterocycles. The van der Waals surface area contributed by atoms with Crippen LogP contribution in [0.4, 0.5) is 18.9 Å². The first-order chi connectivity index (χ1) is 22.6. The molecule has 4 aromatic carbocycles. The van der Waals surface area contributed by atoms with Gasteiger partial charge in [-0.2, -0.15) is 18.3 Å². The fourth-order valence-electron chi connectivity index (χ4n) is 6.09. The van der Waals surface area contributed by atoms with Gasteiger partial charge >= 0.3 is 6.18 Å². The van der Waals surface area contributed by atoms with Crippen molar-refractivity contribution in [3.63, 3.8) is 0 Å². The molecule has 47 heavy (non-hydrogen) atoms. The summed E-state index contributed by atoms with van der Waals surface area (Å²) in [5, 5.41) is 7.91. The Morgan fingerprint density at radius 1 is 0.872 bits per heavy atom. The van der Waals surface area contributed by atoms with Gasteiger partial charge in [-0.25, -0.2) is 9.67 Å². The zero-order chi connectivity index (χ0) is 32.7. The van der Waals surface area contributed by atoms with Crippen LogP contribution < -0.4 is 10.1 Å². The molecule has 6 nitrogen and oxygen atoms in total. The molecule has 1 aliphatic rings. The number of nitrogens with one attached hydrogen (secondary N) is 1. The number of rotatable bonds is 6. The van der Waals surface area contributed by atoms with Crippen LogP contribution in [0.2, 0.25) is 0 Å². The van der Waals surface area contributed by atoms with Gasteiger partial charge in [-0.3, -0.25) is 4.79 Å². The average molecular weight is 631 g/mol. The Hall–Kier alpha value is -5.70. The molecule has 0 spiro atoms. The van der Waals surface area contributed by atoms with Crippen LogP contribution in [0.1, 0.15) is 50.6 Å². The first-order valence-electron chi connectivity index (χ1n) is 15.2.